The van der Waals surface area contributed by atoms with Gasteiger partial charge in [-0.05, 0) is 49.9 Å². The highest BCUT2D eigenvalue weighted by Gasteiger charge is 2.22. The smallest absolute Gasteiger partial charge is 0.141 e. The van der Waals surface area contributed by atoms with Crippen molar-refractivity contribution in [2.24, 2.45) is 5.92 Å². The van der Waals surface area contributed by atoms with Crippen molar-refractivity contribution in [3.63, 3.8) is 0 Å². The van der Waals surface area contributed by atoms with Crippen molar-refractivity contribution in [3.05, 3.63) is 34.6 Å². The van der Waals surface area contributed by atoms with Gasteiger partial charge in [0.1, 0.15) is 5.82 Å². The Morgan fingerprint density at radius 1 is 1.28 bits per heavy atom. The summed E-state index contributed by atoms with van der Waals surface area (Å²) in [5, 5.41) is 3.67. The van der Waals surface area contributed by atoms with Crippen LogP contribution in [0.25, 0.3) is 0 Å². The fourth-order valence-corrected chi connectivity index (χ4v) is 3.18. The lowest BCUT2D eigenvalue weighted by molar-refractivity contribution is 0.350. The van der Waals surface area contributed by atoms with Gasteiger partial charge in [-0.2, -0.15) is 0 Å². The maximum absolute atomic E-state index is 13.1. The van der Waals surface area contributed by atoms with Crippen molar-refractivity contribution in [2.75, 3.05) is 7.05 Å². The molecule has 1 aromatic carbocycles. The lowest BCUT2D eigenvalue weighted by Crippen LogP contribution is -2.33. The topological polar surface area (TPSA) is 12.0 Å². The van der Waals surface area contributed by atoms with Crippen molar-refractivity contribution in [3.8, 4) is 0 Å². The Bertz CT molecular complexity index is 394. The minimum absolute atomic E-state index is 0.238. The molecule has 1 fully saturated rings. The lowest BCUT2D eigenvalue weighted by Gasteiger charge is -2.24. The van der Waals surface area contributed by atoms with Crippen LogP contribution in [0.5, 0.6) is 0 Å². The summed E-state index contributed by atoms with van der Waals surface area (Å²) >= 11 is 5.84. The summed E-state index contributed by atoms with van der Waals surface area (Å²) < 4.78 is 13.1. The number of hydrogen-bond acceptors (Lipinski definition) is 1. The van der Waals surface area contributed by atoms with E-state index < -0.39 is 0 Å². The van der Waals surface area contributed by atoms with Crippen molar-refractivity contribution < 1.29 is 4.39 Å². The molecule has 2 atom stereocenters. The van der Waals surface area contributed by atoms with Gasteiger partial charge in [0, 0.05) is 6.04 Å². The highest BCUT2D eigenvalue weighted by atomic mass is 35.5. The SMILES string of the molecule is CNC1CCCCCC1Cc1ccc(F)c(Cl)c1. The molecule has 0 heterocycles. The second kappa shape index (κ2) is 6.53. The van der Waals surface area contributed by atoms with Gasteiger partial charge < -0.3 is 5.32 Å². The zero-order valence-corrected chi connectivity index (χ0v) is 11.6. The molecule has 1 N–H and O–H groups in total. The average molecular weight is 270 g/mol. The third-order valence-electron chi connectivity index (χ3n) is 4.01. The first-order valence-electron chi connectivity index (χ1n) is 6.82. The Morgan fingerprint density at radius 2 is 2.06 bits per heavy atom. The van der Waals surface area contributed by atoms with Crippen LogP contribution in [0, 0.1) is 11.7 Å². The minimum atomic E-state index is -0.327. The molecule has 0 bridgehead atoms. The van der Waals surface area contributed by atoms with Crippen LogP contribution >= 0.6 is 11.6 Å². The molecule has 1 saturated carbocycles. The Hall–Kier alpha value is -0.600. The molecule has 1 aliphatic carbocycles. The molecule has 0 aromatic heterocycles. The Labute approximate surface area is 114 Å². The first-order valence-corrected chi connectivity index (χ1v) is 7.19. The number of rotatable bonds is 3. The zero-order valence-electron chi connectivity index (χ0n) is 10.9. The molecule has 18 heavy (non-hydrogen) atoms. The molecule has 3 heteroatoms. The monoisotopic (exact) mass is 269 g/mol. The summed E-state index contributed by atoms with van der Waals surface area (Å²) in [7, 11) is 2.04. The van der Waals surface area contributed by atoms with E-state index in [9.17, 15) is 4.39 Å². The molecule has 0 saturated heterocycles. The predicted molar refractivity (Wildman–Crippen MR) is 74.5 cm³/mol. The summed E-state index contributed by atoms with van der Waals surface area (Å²) in [5.41, 5.74) is 1.15. The van der Waals surface area contributed by atoms with Crippen LogP contribution in [-0.4, -0.2) is 13.1 Å². The van der Waals surface area contributed by atoms with E-state index in [4.69, 9.17) is 11.6 Å². The van der Waals surface area contributed by atoms with E-state index in [0.717, 1.165) is 12.0 Å². The van der Waals surface area contributed by atoms with Gasteiger partial charge in [0.25, 0.3) is 0 Å². The van der Waals surface area contributed by atoms with Crippen LogP contribution in [-0.2, 0) is 6.42 Å². The highest BCUT2D eigenvalue weighted by Crippen LogP contribution is 2.27. The standard InChI is InChI=1S/C15H21ClFN/c1-18-15-6-4-2-3-5-12(15)9-11-7-8-14(17)13(16)10-11/h7-8,10,12,15,18H,2-6,9H2,1H3. The van der Waals surface area contributed by atoms with E-state index in [-0.39, 0.29) is 10.8 Å². The highest BCUT2D eigenvalue weighted by molar-refractivity contribution is 6.30. The molecule has 2 unspecified atom stereocenters. The minimum Gasteiger partial charge on any atom is -0.317 e. The molecule has 1 nitrogen and oxygen atoms in total. The van der Waals surface area contributed by atoms with Crippen molar-refractivity contribution in [1.29, 1.82) is 0 Å². The van der Waals surface area contributed by atoms with Gasteiger partial charge >= 0.3 is 0 Å². The van der Waals surface area contributed by atoms with Gasteiger partial charge in [-0.15, -0.1) is 0 Å². The average Bonchev–Trinajstić information content (AvgIpc) is 2.59. The van der Waals surface area contributed by atoms with Gasteiger partial charge in [-0.1, -0.05) is 36.9 Å². The van der Waals surface area contributed by atoms with Crippen molar-refractivity contribution >= 4 is 11.6 Å². The molecule has 2 rings (SSSR count). The molecular formula is C15H21ClFN. The third kappa shape index (κ3) is 3.46. The third-order valence-corrected chi connectivity index (χ3v) is 4.30. The quantitative estimate of drug-likeness (QED) is 0.812. The fraction of sp³-hybridized carbons (Fsp3) is 0.600. The first-order chi connectivity index (χ1) is 8.70. The van der Waals surface area contributed by atoms with E-state index in [1.165, 1.54) is 38.2 Å². The molecule has 1 aliphatic rings. The number of halogens is 2. The van der Waals surface area contributed by atoms with Crippen LogP contribution < -0.4 is 5.32 Å². The van der Waals surface area contributed by atoms with E-state index in [2.05, 4.69) is 5.32 Å². The van der Waals surface area contributed by atoms with Crippen LogP contribution in [0.1, 0.15) is 37.7 Å². The summed E-state index contributed by atoms with van der Waals surface area (Å²) in [4.78, 5) is 0. The molecule has 100 valence electrons. The number of nitrogens with one attached hydrogen (secondary N) is 1. The molecule has 1 aromatic rings. The second-order valence-corrected chi connectivity index (χ2v) is 5.65. The summed E-state index contributed by atoms with van der Waals surface area (Å²) in [6.45, 7) is 0. The van der Waals surface area contributed by atoms with Crippen LogP contribution in [0.2, 0.25) is 5.02 Å². The Balaban J connectivity index is 2.07. The summed E-state index contributed by atoms with van der Waals surface area (Å²) in [6.07, 6.45) is 7.44. The fourth-order valence-electron chi connectivity index (χ4n) is 2.98. The zero-order chi connectivity index (χ0) is 13.0. The van der Waals surface area contributed by atoms with Crippen LogP contribution in [0.15, 0.2) is 18.2 Å². The summed E-state index contributed by atoms with van der Waals surface area (Å²) in [6, 6.07) is 5.69. The Morgan fingerprint density at radius 3 is 2.78 bits per heavy atom. The van der Waals surface area contributed by atoms with Crippen LogP contribution in [0.4, 0.5) is 4.39 Å². The predicted octanol–water partition coefficient (Wildman–Crippen LogP) is 4.19. The molecule has 0 amide bonds. The second-order valence-electron chi connectivity index (χ2n) is 5.25. The number of benzene rings is 1. The Kier molecular flexibility index (Phi) is 5.02. The van der Waals surface area contributed by atoms with Gasteiger partial charge in [0.2, 0.25) is 0 Å². The van der Waals surface area contributed by atoms with E-state index in [1.54, 1.807) is 6.07 Å². The van der Waals surface area contributed by atoms with Crippen molar-refractivity contribution in [1.82, 2.24) is 5.32 Å². The van der Waals surface area contributed by atoms with E-state index >= 15 is 0 Å². The van der Waals surface area contributed by atoms with E-state index in [1.807, 2.05) is 13.1 Å². The first kappa shape index (κ1) is 13.8. The maximum atomic E-state index is 13.1. The van der Waals surface area contributed by atoms with Crippen molar-refractivity contribution in [2.45, 2.75) is 44.6 Å². The van der Waals surface area contributed by atoms with Crippen LogP contribution in [0.3, 0.4) is 0 Å². The van der Waals surface area contributed by atoms with Gasteiger partial charge in [0.15, 0.2) is 0 Å². The molecule has 0 radical (unpaired) electrons. The lowest BCUT2D eigenvalue weighted by atomic mass is 9.88. The van der Waals surface area contributed by atoms with E-state index in [0.29, 0.717) is 12.0 Å². The molecular weight excluding hydrogens is 249 g/mol. The largest absolute Gasteiger partial charge is 0.317 e. The van der Waals surface area contributed by atoms with Gasteiger partial charge in [-0.25, -0.2) is 4.39 Å². The van der Waals surface area contributed by atoms with Gasteiger partial charge in [-0.3, -0.25) is 0 Å². The maximum Gasteiger partial charge on any atom is 0.141 e. The molecule has 0 aliphatic heterocycles. The summed E-state index contributed by atoms with van der Waals surface area (Å²) in [5.74, 6) is 0.311. The number of hydrogen-bond donors (Lipinski definition) is 1. The molecule has 0 spiro atoms. The van der Waals surface area contributed by atoms with Gasteiger partial charge in [0.05, 0.1) is 5.02 Å². The normalized spacial score (nSPS) is 24.8.